The van der Waals surface area contributed by atoms with Crippen molar-refractivity contribution in [2.75, 3.05) is 7.11 Å². The molecule has 1 aromatic heterocycles. The van der Waals surface area contributed by atoms with Crippen molar-refractivity contribution in [2.45, 2.75) is 6.61 Å². The Balaban J connectivity index is 1.64. The fourth-order valence-electron chi connectivity index (χ4n) is 1.98. The van der Waals surface area contributed by atoms with Gasteiger partial charge in [0.05, 0.1) is 12.0 Å². The molecule has 1 heterocycles. The number of ether oxygens (including phenoxy) is 2. The van der Waals surface area contributed by atoms with Gasteiger partial charge in [0.1, 0.15) is 11.5 Å². The van der Waals surface area contributed by atoms with Crippen LogP contribution in [0.5, 0.6) is 11.5 Å². The van der Waals surface area contributed by atoms with Crippen LogP contribution in [0, 0.1) is 10.1 Å². The minimum absolute atomic E-state index is 0.00179. The first kappa shape index (κ1) is 15.5. The molecule has 0 radical (unpaired) electrons. The summed E-state index contributed by atoms with van der Waals surface area (Å²) in [6.07, 6.45) is 0. The van der Waals surface area contributed by atoms with E-state index in [1.165, 1.54) is 24.3 Å². The third kappa shape index (κ3) is 3.49. The highest BCUT2D eigenvalue weighted by molar-refractivity contribution is 5.55. The largest absolute Gasteiger partial charge is 0.497 e. The standard InChI is InChI=1S/C16H13N3O5/c1-22-13-6-2-11(3-7-13)16-17-15(24-18-16)10-23-14-8-4-12(5-9-14)19(20)21/h2-9H,10H2,1H3. The SMILES string of the molecule is COc1ccc(-c2noc(COc3ccc([N+](=O)[O-])cc3)n2)cc1. The highest BCUT2D eigenvalue weighted by atomic mass is 16.6. The Morgan fingerprint density at radius 3 is 2.38 bits per heavy atom. The number of rotatable bonds is 6. The molecule has 0 aliphatic carbocycles. The second kappa shape index (κ2) is 6.78. The van der Waals surface area contributed by atoms with Gasteiger partial charge < -0.3 is 14.0 Å². The molecule has 8 heteroatoms. The molecule has 0 N–H and O–H groups in total. The quantitative estimate of drug-likeness (QED) is 0.506. The molecule has 0 unspecified atom stereocenters. The van der Waals surface area contributed by atoms with Crippen LogP contribution in [0.3, 0.4) is 0 Å². The van der Waals surface area contributed by atoms with E-state index < -0.39 is 4.92 Å². The van der Waals surface area contributed by atoms with Crippen molar-refractivity contribution in [3.05, 3.63) is 64.5 Å². The van der Waals surface area contributed by atoms with E-state index in [0.29, 0.717) is 17.5 Å². The van der Waals surface area contributed by atoms with Gasteiger partial charge in [0.15, 0.2) is 6.61 Å². The Bertz CT molecular complexity index is 828. The van der Waals surface area contributed by atoms with Crippen LogP contribution in [0.1, 0.15) is 5.89 Å². The molecule has 0 amide bonds. The molecule has 0 fully saturated rings. The number of nitrogens with zero attached hydrogens (tertiary/aromatic N) is 3. The zero-order valence-corrected chi connectivity index (χ0v) is 12.7. The Hall–Kier alpha value is -3.42. The van der Waals surface area contributed by atoms with Crippen LogP contribution >= 0.6 is 0 Å². The molecule has 122 valence electrons. The fraction of sp³-hybridized carbons (Fsp3) is 0.125. The summed E-state index contributed by atoms with van der Waals surface area (Å²) in [5.41, 5.74) is 0.795. The van der Waals surface area contributed by atoms with Gasteiger partial charge in [-0.2, -0.15) is 4.98 Å². The molecule has 8 nitrogen and oxygen atoms in total. The fourth-order valence-corrected chi connectivity index (χ4v) is 1.98. The number of hydrogen-bond donors (Lipinski definition) is 0. The zero-order valence-electron chi connectivity index (χ0n) is 12.7. The van der Waals surface area contributed by atoms with E-state index in [1.807, 2.05) is 12.1 Å². The maximum Gasteiger partial charge on any atom is 0.269 e. The lowest BCUT2D eigenvalue weighted by atomic mass is 10.2. The molecule has 0 atom stereocenters. The van der Waals surface area contributed by atoms with Crippen molar-refractivity contribution in [3.8, 4) is 22.9 Å². The van der Waals surface area contributed by atoms with Crippen LogP contribution in [-0.4, -0.2) is 22.2 Å². The summed E-state index contributed by atoms with van der Waals surface area (Å²) in [5, 5.41) is 14.5. The maximum atomic E-state index is 10.6. The lowest BCUT2D eigenvalue weighted by Crippen LogP contribution is -1.96. The van der Waals surface area contributed by atoms with Gasteiger partial charge in [-0.3, -0.25) is 10.1 Å². The molecule has 0 bridgehead atoms. The van der Waals surface area contributed by atoms with Crippen LogP contribution in [0.25, 0.3) is 11.4 Å². The Morgan fingerprint density at radius 2 is 1.75 bits per heavy atom. The Morgan fingerprint density at radius 1 is 1.08 bits per heavy atom. The van der Waals surface area contributed by atoms with Crippen molar-refractivity contribution in [1.29, 1.82) is 0 Å². The molecule has 3 aromatic rings. The van der Waals surface area contributed by atoms with E-state index in [0.717, 1.165) is 11.3 Å². The van der Waals surface area contributed by atoms with Crippen molar-refractivity contribution in [3.63, 3.8) is 0 Å². The van der Waals surface area contributed by atoms with Crippen molar-refractivity contribution >= 4 is 5.69 Å². The first-order valence-corrected chi connectivity index (χ1v) is 7.00. The van der Waals surface area contributed by atoms with Crippen LogP contribution in [0.2, 0.25) is 0 Å². The minimum atomic E-state index is -0.469. The smallest absolute Gasteiger partial charge is 0.269 e. The van der Waals surface area contributed by atoms with E-state index >= 15 is 0 Å². The maximum absolute atomic E-state index is 10.6. The van der Waals surface area contributed by atoms with E-state index in [1.54, 1.807) is 19.2 Å². The lowest BCUT2D eigenvalue weighted by Gasteiger charge is -2.02. The summed E-state index contributed by atoms with van der Waals surface area (Å²) < 4.78 is 15.7. The molecule has 0 aliphatic rings. The van der Waals surface area contributed by atoms with Gasteiger partial charge in [-0.15, -0.1) is 0 Å². The first-order chi connectivity index (χ1) is 11.7. The van der Waals surface area contributed by atoms with E-state index in [4.69, 9.17) is 14.0 Å². The number of nitro groups is 1. The summed E-state index contributed by atoms with van der Waals surface area (Å²) in [7, 11) is 1.59. The lowest BCUT2D eigenvalue weighted by molar-refractivity contribution is -0.384. The highest BCUT2D eigenvalue weighted by Crippen LogP contribution is 2.21. The van der Waals surface area contributed by atoms with Crippen LogP contribution in [0.15, 0.2) is 53.1 Å². The molecule has 0 saturated carbocycles. The molecule has 0 aliphatic heterocycles. The Kier molecular flexibility index (Phi) is 4.37. The van der Waals surface area contributed by atoms with Crippen molar-refractivity contribution in [2.24, 2.45) is 0 Å². The first-order valence-electron chi connectivity index (χ1n) is 7.00. The van der Waals surface area contributed by atoms with Gasteiger partial charge in [-0.05, 0) is 36.4 Å². The van der Waals surface area contributed by atoms with Crippen molar-refractivity contribution < 1.29 is 18.9 Å². The number of aromatic nitrogens is 2. The average molecular weight is 327 g/mol. The van der Waals surface area contributed by atoms with Gasteiger partial charge in [0.2, 0.25) is 5.82 Å². The summed E-state index contributed by atoms with van der Waals surface area (Å²) in [5.74, 6) is 1.97. The van der Waals surface area contributed by atoms with Crippen LogP contribution < -0.4 is 9.47 Å². The third-order valence-corrected chi connectivity index (χ3v) is 3.23. The summed E-state index contributed by atoms with van der Waals surface area (Å²) in [6, 6.07) is 13.0. The number of benzene rings is 2. The Labute approximate surface area is 136 Å². The predicted molar refractivity (Wildman–Crippen MR) is 83.7 cm³/mol. The highest BCUT2D eigenvalue weighted by Gasteiger charge is 2.10. The second-order valence-corrected chi connectivity index (χ2v) is 4.78. The van der Waals surface area contributed by atoms with E-state index in [-0.39, 0.29) is 12.3 Å². The summed E-state index contributed by atoms with van der Waals surface area (Å²) in [4.78, 5) is 14.4. The molecule has 0 saturated heterocycles. The molecule has 3 rings (SSSR count). The molecule has 24 heavy (non-hydrogen) atoms. The normalized spacial score (nSPS) is 10.4. The number of methoxy groups -OCH3 is 1. The van der Waals surface area contributed by atoms with E-state index in [9.17, 15) is 10.1 Å². The van der Waals surface area contributed by atoms with E-state index in [2.05, 4.69) is 10.1 Å². The topological polar surface area (TPSA) is 101 Å². The second-order valence-electron chi connectivity index (χ2n) is 4.78. The molecular formula is C16H13N3O5. The number of hydrogen-bond acceptors (Lipinski definition) is 7. The third-order valence-electron chi connectivity index (χ3n) is 3.23. The predicted octanol–water partition coefficient (Wildman–Crippen LogP) is 3.23. The summed E-state index contributed by atoms with van der Waals surface area (Å²) in [6.45, 7) is 0.0704. The number of nitro benzene ring substituents is 1. The molecule has 0 spiro atoms. The monoisotopic (exact) mass is 327 g/mol. The minimum Gasteiger partial charge on any atom is -0.497 e. The summed E-state index contributed by atoms with van der Waals surface area (Å²) >= 11 is 0. The molecular weight excluding hydrogens is 314 g/mol. The van der Waals surface area contributed by atoms with Gasteiger partial charge in [0.25, 0.3) is 11.6 Å². The number of non-ortho nitro benzene ring substituents is 1. The average Bonchev–Trinajstić information content (AvgIpc) is 3.09. The van der Waals surface area contributed by atoms with Crippen molar-refractivity contribution in [1.82, 2.24) is 10.1 Å². The molecule has 2 aromatic carbocycles. The van der Waals surface area contributed by atoms with Crippen LogP contribution in [0.4, 0.5) is 5.69 Å². The zero-order chi connectivity index (χ0) is 16.9. The van der Waals surface area contributed by atoms with Gasteiger partial charge in [-0.1, -0.05) is 5.16 Å². The van der Waals surface area contributed by atoms with Gasteiger partial charge in [-0.25, -0.2) is 0 Å². The van der Waals surface area contributed by atoms with Crippen LogP contribution in [-0.2, 0) is 6.61 Å². The van der Waals surface area contributed by atoms with Gasteiger partial charge in [0, 0.05) is 17.7 Å². The van der Waals surface area contributed by atoms with Gasteiger partial charge >= 0.3 is 0 Å².